The molecule has 1 amide bonds. The van der Waals surface area contributed by atoms with Crippen LogP contribution in [0.15, 0.2) is 30.4 Å². The second-order valence-corrected chi connectivity index (χ2v) is 6.41. The molecule has 0 aromatic heterocycles. The fourth-order valence-corrected chi connectivity index (χ4v) is 2.45. The number of carbonyl (C=O) groups is 3. The fourth-order valence-electron chi connectivity index (χ4n) is 2.45. The maximum atomic E-state index is 13.8. The zero-order valence-corrected chi connectivity index (χ0v) is 17.0. The van der Waals surface area contributed by atoms with Gasteiger partial charge in [0.25, 0.3) is 0 Å². The number of carboxylic acid groups (broad SMARTS) is 2. The number of halogens is 1. The van der Waals surface area contributed by atoms with Crippen LogP contribution < -0.4 is 10.1 Å². The number of nitrogens with zero attached hydrogens (tertiary/aromatic N) is 1. The number of piperazine rings is 1. The van der Waals surface area contributed by atoms with Gasteiger partial charge in [-0.2, -0.15) is 0 Å². The third-order valence-corrected chi connectivity index (χ3v) is 3.95. The van der Waals surface area contributed by atoms with Crippen LogP contribution in [0.1, 0.15) is 25.8 Å². The second kappa shape index (κ2) is 13.2. The quantitative estimate of drug-likeness (QED) is 0.567. The van der Waals surface area contributed by atoms with Gasteiger partial charge in [0.05, 0.1) is 6.61 Å². The van der Waals surface area contributed by atoms with E-state index in [0.717, 1.165) is 19.5 Å². The predicted octanol–water partition coefficient (Wildman–Crippen LogP) is 2.26. The molecule has 1 unspecified atom stereocenters. The molecular weight excluding hydrogens is 399 g/mol. The van der Waals surface area contributed by atoms with Crippen molar-refractivity contribution in [3.05, 3.63) is 41.7 Å². The Morgan fingerprint density at radius 2 is 1.93 bits per heavy atom. The van der Waals surface area contributed by atoms with E-state index in [4.69, 9.17) is 19.7 Å². The van der Waals surface area contributed by atoms with E-state index >= 15 is 0 Å². The van der Waals surface area contributed by atoms with Gasteiger partial charge < -0.3 is 29.9 Å². The maximum Gasteiger partial charge on any atom is 0.410 e. The Hall–Kier alpha value is -3.14. The molecule has 1 saturated heterocycles. The largest absolute Gasteiger partial charge is 0.494 e. The van der Waals surface area contributed by atoms with Gasteiger partial charge in [-0.3, -0.25) is 0 Å². The molecule has 3 N–H and O–H groups in total. The Balaban J connectivity index is 0.000000479. The van der Waals surface area contributed by atoms with Gasteiger partial charge in [-0.05, 0) is 31.5 Å². The van der Waals surface area contributed by atoms with Crippen molar-refractivity contribution in [3.8, 4) is 5.75 Å². The summed E-state index contributed by atoms with van der Waals surface area (Å²) in [6, 6.07) is 4.57. The average Bonchev–Trinajstić information content (AvgIpc) is 2.71. The third-order valence-electron chi connectivity index (χ3n) is 3.95. The molecule has 1 aliphatic rings. The molecule has 2 rings (SSSR count). The fraction of sp³-hybridized carbons (Fsp3) is 0.450. The van der Waals surface area contributed by atoms with Crippen LogP contribution in [-0.2, 0) is 20.9 Å². The van der Waals surface area contributed by atoms with Gasteiger partial charge in [-0.25, -0.2) is 18.8 Å². The smallest absolute Gasteiger partial charge is 0.410 e. The van der Waals surface area contributed by atoms with E-state index in [-0.39, 0.29) is 12.6 Å². The molecule has 0 bridgehead atoms. The lowest BCUT2D eigenvalue weighted by molar-refractivity contribution is -0.134. The molecule has 1 aromatic carbocycles. The van der Waals surface area contributed by atoms with E-state index in [0.29, 0.717) is 36.6 Å². The van der Waals surface area contributed by atoms with Crippen LogP contribution in [0.5, 0.6) is 5.75 Å². The van der Waals surface area contributed by atoms with E-state index < -0.39 is 23.8 Å². The Labute approximate surface area is 174 Å². The number of aliphatic carboxylic acids is 2. The molecular formula is C20H27FN2O7. The minimum absolute atomic E-state index is 0.0744. The highest BCUT2D eigenvalue weighted by atomic mass is 19.1. The second-order valence-electron chi connectivity index (χ2n) is 6.41. The summed E-state index contributed by atoms with van der Waals surface area (Å²) >= 11 is 0. The lowest BCUT2D eigenvalue weighted by Gasteiger charge is -2.33. The number of benzene rings is 1. The van der Waals surface area contributed by atoms with Crippen LogP contribution in [0.2, 0.25) is 0 Å². The molecule has 1 aromatic rings. The van der Waals surface area contributed by atoms with Gasteiger partial charge in [-0.15, -0.1) is 0 Å². The van der Waals surface area contributed by atoms with E-state index in [1.807, 2.05) is 13.8 Å². The Kier molecular flexibility index (Phi) is 10.9. The number of rotatable bonds is 7. The van der Waals surface area contributed by atoms with Crippen molar-refractivity contribution < 1.29 is 38.5 Å². The van der Waals surface area contributed by atoms with Gasteiger partial charge in [0.15, 0.2) is 0 Å². The number of carboxylic acids is 2. The van der Waals surface area contributed by atoms with E-state index in [2.05, 4.69) is 5.32 Å². The van der Waals surface area contributed by atoms with Gasteiger partial charge in [0.1, 0.15) is 18.2 Å². The van der Waals surface area contributed by atoms with Crippen LogP contribution in [0.25, 0.3) is 0 Å². The minimum atomic E-state index is -1.26. The number of amides is 1. The molecule has 9 nitrogen and oxygen atoms in total. The zero-order chi connectivity index (χ0) is 22.5. The van der Waals surface area contributed by atoms with E-state index in [1.54, 1.807) is 17.0 Å². The topological polar surface area (TPSA) is 125 Å². The van der Waals surface area contributed by atoms with Crippen LogP contribution >= 0.6 is 0 Å². The highest BCUT2D eigenvalue weighted by Gasteiger charge is 2.24. The normalized spacial score (nSPS) is 15.8. The van der Waals surface area contributed by atoms with Crippen molar-refractivity contribution in [2.24, 2.45) is 0 Å². The van der Waals surface area contributed by atoms with Crippen molar-refractivity contribution in [2.75, 3.05) is 26.2 Å². The molecule has 0 saturated carbocycles. The molecule has 0 aliphatic carbocycles. The Bertz CT molecular complexity index is 739. The molecule has 1 fully saturated rings. The standard InChI is InChI=1S/C16H23FN2O3.C4H4O4/c1-3-8-21-14-4-5-15(17)13(9-14)11-22-16(20)19-7-6-18-10-12(19)2;5-3(6)1-2-4(7)8/h4-5,9,12,18H,3,6-8,10-11H2,1-2H3;1-2H,(H,5,6)(H,7,8). The summed E-state index contributed by atoms with van der Waals surface area (Å²) in [7, 11) is 0. The van der Waals surface area contributed by atoms with Gasteiger partial charge in [0.2, 0.25) is 0 Å². The predicted molar refractivity (Wildman–Crippen MR) is 106 cm³/mol. The average molecular weight is 426 g/mol. The van der Waals surface area contributed by atoms with Crippen molar-refractivity contribution in [1.29, 1.82) is 0 Å². The lowest BCUT2D eigenvalue weighted by atomic mass is 10.2. The van der Waals surface area contributed by atoms with Crippen LogP contribution in [0.4, 0.5) is 9.18 Å². The molecule has 0 spiro atoms. The van der Waals surface area contributed by atoms with Gasteiger partial charge in [0, 0.05) is 43.4 Å². The summed E-state index contributed by atoms with van der Waals surface area (Å²) in [4.78, 5) is 32.8. The summed E-state index contributed by atoms with van der Waals surface area (Å²) in [5.74, 6) is -2.32. The molecule has 166 valence electrons. The molecule has 1 heterocycles. The number of hydrogen-bond donors (Lipinski definition) is 3. The first-order valence-corrected chi connectivity index (χ1v) is 9.43. The van der Waals surface area contributed by atoms with E-state index in [1.165, 1.54) is 6.07 Å². The van der Waals surface area contributed by atoms with Crippen molar-refractivity contribution in [3.63, 3.8) is 0 Å². The molecule has 30 heavy (non-hydrogen) atoms. The number of nitrogens with one attached hydrogen (secondary N) is 1. The summed E-state index contributed by atoms with van der Waals surface area (Å²) in [6.45, 7) is 6.52. The monoisotopic (exact) mass is 426 g/mol. The molecule has 1 atom stereocenters. The number of ether oxygens (including phenoxy) is 2. The summed E-state index contributed by atoms with van der Waals surface area (Å²) in [5, 5.41) is 18.8. The van der Waals surface area contributed by atoms with E-state index in [9.17, 15) is 18.8 Å². The van der Waals surface area contributed by atoms with Gasteiger partial charge >= 0.3 is 18.0 Å². The first-order chi connectivity index (χ1) is 14.2. The summed E-state index contributed by atoms with van der Waals surface area (Å²) in [6.07, 6.45) is 1.58. The van der Waals surface area contributed by atoms with Crippen molar-refractivity contribution >= 4 is 18.0 Å². The molecule has 10 heteroatoms. The molecule has 1 aliphatic heterocycles. The maximum absolute atomic E-state index is 13.8. The SMILES string of the molecule is CCCOc1ccc(F)c(COC(=O)N2CCNCC2C)c1.O=C(O)C=CC(=O)O. The highest BCUT2D eigenvalue weighted by molar-refractivity contribution is 5.89. The minimum Gasteiger partial charge on any atom is -0.494 e. The van der Waals surface area contributed by atoms with Crippen LogP contribution in [0, 0.1) is 5.82 Å². The summed E-state index contributed by atoms with van der Waals surface area (Å²) in [5.41, 5.74) is 0.324. The van der Waals surface area contributed by atoms with Crippen LogP contribution in [-0.4, -0.2) is 65.4 Å². The third kappa shape index (κ3) is 9.37. The highest BCUT2D eigenvalue weighted by Crippen LogP contribution is 2.18. The number of hydrogen-bond acceptors (Lipinski definition) is 6. The van der Waals surface area contributed by atoms with Gasteiger partial charge in [-0.1, -0.05) is 6.92 Å². The molecule has 0 radical (unpaired) electrons. The Morgan fingerprint density at radius 3 is 2.50 bits per heavy atom. The van der Waals surface area contributed by atoms with Crippen LogP contribution in [0.3, 0.4) is 0 Å². The first kappa shape index (κ1) is 24.9. The first-order valence-electron chi connectivity index (χ1n) is 9.43. The van der Waals surface area contributed by atoms with Crippen molar-refractivity contribution in [2.45, 2.75) is 32.9 Å². The Morgan fingerprint density at radius 1 is 1.27 bits per heavy atom. The van der Waals surface area contributed by atoms with Crippen molar-refractivity contribution in [1.82, 2.24) is 10.2 Å². The summed E-state index contributed by atoms with van der Waals surface area (Å²) < 4.78 is 24.5. The number of carbonyl (C=O) groups excluding carboxylic acids is 1. The zero-order valence-electron chi connectivity index (χ0n) is 17.0. The lowest BCUT2D eigenvalue weighted by Crippen LogP contribution is -2.52.